The van der Waals surface area contributed by atoms with Crippen LogP contribution in [0.25, 0.3) is 10.9 Å². The van der Waals surface area contributed by atoms with Gasteiger partial charge in [-0.15, -0.1) is 0 Å². The smallest absolute Gasteiger partial charge is 0.148 e. The Labute approximate surface area is 113 Å². The van der Waals surface area contributed by atoms with E-state index in [0.29, 0.717) is 20.4 Å². The largest absolute Gasteiger partial charge is 0.252 e. The van der Waals surface area contributed by atoms with Crippen molar-refractivity contribution < 1.29 is 4.39 Å². The van der Waals surface area contributed by atoms with Crippen LogP contribution < -0.4 is 0 Å². The van der Waals surface area contributed by atoms with Crippen LogP contribution in [0.2, 0.25) is 5.02 Å². The fraction of sp³-hybridized carbons (Fsp3) is 0.308. The third-order valence-corrected chi connectivity index (χ3v) is 3.55. The van der Waals surface area contributed by atoms with E-state index in [2.05, 4.69) is 27.8 Å². The Morgan fingerprint density at radius 3 is 2.76 bits per heavy atom. The van der Waals surface area contributed by atoms with E-state index < -0.39 is 0 Å². The second-order valence-corrected chi connectivity index (χ2v) is 5.32. The van der Waals surface area contributed by atoms with Crippen molar-refractivity contribution in [3.8, 4) is 0 Å². The van der Waals surface area contributed by atoms with E-state index in [1.807, 2.05) is 6.92 Å². The average Bonchev–Trinajstić information content (AvgIpc) is 2.26. The number of pyridine rings is 1. The number of aryl methyl sites for hydroxylation is 2. The topological polar surface area (TPSA) is 12.9 Å². The molecule has 0 spiro atoms. The van der Waals surface area contributed by atoms with Crippen molar-refractivity contribution in [2.45, 2.75) is 26.7 Å². The molecule has 17 heavy (non-hydrogen) atoms. The lowest BCUT2D eigenvalue weighted by molar-refractivity contribution is 0.632. The molecule has 0 saturated carbocycles. The first-order valence-electron chi connectivity index (χ1n) is 5.48. The van der Waals surface area contributed by atoms with Gasteiger partial charge in [0.2, 0.25) is 0 Å². The molecule has 0 aliphatic rings. The van der Waals surface area contributed by atoms with E-state index in [4.69, 9.17) is 11.6 Å². The van der Waals surface area contributed by atoms with E-state index in [-0.39, 0.29) is 5.82 Å². The summed E-state index contributed by atoms with van der Waals surface area (Å²) in [5, 5.41) is 0.832. The predicted octanol–water partition coefficient (Wildman–Crippen LogP) is 5.05. The fourth-order valence-corrected chi connectivity index (χ4v) is 2.72. The molecule has 0 saturated heterocycles. The van der Waals surface area contributed by atoms with Crippen molar-refractivity contribution in [3.05, 3.63) is 38.7 Å². The van der Waals surface area contributed by atoms with Gasteiger partial charge in [-0.25, -0.2) is 4.39 Å². The van der Waals surface area contributed by atoms with E-state index in [1.165, 1.54) is 0 Å². The number of rotatable bonds is 2. The third-order valence-electron chi connectivity index (χ3n) is 2.68. The van der Waals surface area contributed by atoms with Crippen molar-refractivity contribution in [2.24, 2.45) is 0 Å². The Balaban J connectivity index is 2.81. The molecule has 2 rings (SSSR count). The summed E-state index contributed by atoms with van der Waals surface area (Å²) in [6.07, 6.45) is 1.85. The first kappa shape index (κ1) is 12.8. The number of fused-ring (bicyclic) bond motifs is 1. The second kappa shape index (κ2) is 4.91. The van der Waals surface area contributed by atoms with Crippen molar-refractivity contribution in [1.82, 2.24) is 4.98 Å². The first-order valence-corrected chi connectivity index (χ1v) is 6.65. The zero-order chi connectivity index (χ0) is 12.6. The van der Waals surface area contributed by atoms with Crippen molar-refractivity contribution in [3.63, 3.8) is 0 Å². The summed E-state index contributed by atoms with van der Waals surface area (Å²) < 4.78 is 14.4. The number of hydrogen-bond acceptors (Lipinski definition) is 1. The molecule has 0 aliphatic carbocycles. The lowest BCUT2D eigenvalue weighted by Gasteiger charge is -2.09. The lowest BCUT2D eigenvalue weighted by atomic mass is 10.1. The van der Waals surface area contributed by atoms with Crippen LogP contribution in [0.1, 0.15) is 24.6 Å². The van der Waals surface area contributed by atoms with Crippen LogP contribution in [0.4, 0.5) is 4.39 Å². The monoisotopic (exact) mass is 315 g/mol. The summed E-state index contributed by atoms with van der Waals surface area (Å²) in [7, 11) is 0. The predicted molar refractivity (Wildman–Crippen MR) is 73.1 cm³/mol. The number of benzene rings is 1. The number of aromatic nitrogens is 1. The molecule has 0 aliphatic heterocycles. The number of nitrogens with zero attached hydrogens (tertiary/aromatic N) is 1. The van der Waals surface area contributed by atoms with Crippen LogP contribution in [0.15, 0.2) is 16.6 Å². The highest BCUT2D eigenvalue weighted by Gasteiger charge is 2.14. The van der Waals surface area contributed by atoms with Gasteiger partial charge in [-0.3, -0.25) is 4.98 Å². The molecule has 0 radical (unpaired) electrons. The molecule has 2 aromatic rings. The van der Waals surface area contributed by atoms with Gasteiger partial charge in [-0.2, -0.15) is 0 Å². The second-order valence-electron chi connectivity index (χ2n) is 4.06. The van der Waals surface area contributed by atoms with Gasteiger partial charge in [0.1, 0.15) is 5.82 Å². The van der Waals surface area contributed by atoms with Crippen LogP contribution in [0, 0.1) is 12.7 Å². The molecule has 1 aromatic heterocycles. The van der Waals surface area contributed by atoms with E-state index >= 15 is 0 Å². The van der Waals surface area contributed by atoms with Gasteiger partial charge >= 0.3 is 0 Å². The summed E-state index contributed by atoms with van der Waals surface area (Å²) in [5.74, 6) is -0.342. The molecular weight excluding hydrogens is 305 g/mol. The number of hydrogen-bond donors (Lipinski definition) is 0. The van der Waals surface area contributed by atoms with Crippen LogP contribution in [0.3, 0.4) is 0 Å². The highest BCUT2D eigenvalue weighted by Crippen LogP contribution is 2.32. The summed E-state index contributed by atoms with van der Waals surface area (Å²) >= 11 is 9.34. The SMILES string of the molecule is CCCc1cc(Cl)c2c(F)c(Br)cc(C)c2n1. The molecule has 4 heteroatoms. The summed E-state index contributed by atoms with van der Waals surface area (Å²) in [5.41, 5.74) is 2.49. The standard InChI is InChI=1S/C13H12BrClFN/c1-3-4-8-6-10(15)11-12(16)9(14)5-7(2)13(11)17-8/h5-6H,3-4H2,1-2H3. The third kappa shape index (κ3) is 2.31. The molecule has 0 fully saturated rings. The summed E-state index contributed by atoms with van der Waals surface area (Å²) in [4.78, 5) is 4.48. The Morgan fingerprint density at radius 2 is 2.12 bits per heavy atom. The van der Waals surface area contributed by atoms with Gasteiger partial charge in [0, 0.05) is 5.69 Å². The van der Waals surface area contributed by atoms with E-state index in [0.717, 1.165) is 24.1 Å². The zero-order valence-electron chi connectivity index (χ0n) is 9.65. The van der Waals surface area contributed by atoms with Gasteiger partial charge in [-0.1, -0.05) is 24.9 Å². The van der Waals surface area contributed by atoms with Gasteiger partial charge in [0.25, 0.3) is 0 Å². The Kier molecular flexibility index (Phi) is 3.69. The highest BCUT2D eigenvalue weighted by atomic mass is 79.9. The molecule has 0 atom stereocenters. The molecule has 0 bridgehead atoms. The van der Waals surface area contributed by atoms with Crippen molar-refractivity contribution in [1.29, 1.82) is 0 Å². The van der Waals surface area contributed by atoms with Crippen LogP contribution in [0.5, 0.6) is 0 Å². The molecule has 1 nitrogen and oxygen atoms in total. The maximum Gasteiger partial charge on any atom is 0.148 e. The summed E-state index contributed by atoms with van der Waals surface area (Å²) in [6.45, 7) is 3.99. The number of halogens is 3. The molecule has 0 amide bonds. The minimum Gasteiger partial charge on any atom is -0.252 e. The molecule has 1 heterocycles. The van der Waals surface area contributed by atoms with Crippen LogP contribution >= 0.6 is 27.5 Å². The molecular formula is C13H12BrClFN. The first-order chi connectivity index (χ1) is 8.04. The van der Waals surface area contributed by atoms with Gasteiger partial charge < -0.3 is 0 Å². The van der Waals surface area contributed by atoms with Crippen LogP contribution in [-0.2, 0) is 6.42 Å². The zero-order valence-corrected chi connectivity index (χ0v) is 12.0. The fourth-order valence-electron chi connectivity index (χ4n) is 1.88. The summed E-state index contributed by atoms with van der Waals surface area (Å²) in [6, 6.07) is 3.49. The van der Waals surface area contributed by atoms with E-state index in [9.17, 15) is 4.39 Å². The minimum atomic E-state index is -0.342. The lowest BCUT2D eigenvalue weighted by Crippen LogP contribution is -1.95. The normalized spacial score (nSPS) is 11.1. The molecule has 90 valence electrons. The van der Waals surface area contributed by atoms with E-state index in [1.54, 1.807) is 12.1 Å². The molecule has 0 N–H and O–H groups in total. The highest BCUT2D eigenvalue weighted by molar-refractivity contribution is 9.10. The maximum atomic E-state index is 14.0. The average molecular weight is 317 g/mol. The van der Waals surface area contributed by atoms with Gasteiger partial charge in [-0.05, 0) is 47.0 Å². The Morgan fingerprint density at radius 1 is 1.41 bits per heavy atom. The van der Waals surface area contributed by atoms with Crippen molar-refractivity contribution in [2.75, 3.05) is 0 Å². The van der Waals surface area contributed by atoms with Crippen LogP contribution in [-0.4, -0.2) is 4.98 Å². The molecule has 0 unspecified atom stereocenters. The molecule has 1 aromatic carbocycles. The Hall–Kier alpha value is -0.670. The quantitative estimate of drug-likeness (QED) is 0.755. The maximum absolute atomic E-state index is 14.0. The Bertz CT molecular complexity index is 583. The minimum absolute atomic E-state index is 0.342. The van der Waals surface area contributed by atoms with Gasteiger partial charge in [0.05, 0.1) is 20.4 Å². The van der Waals surface area contributed by atoms with Crippen molar-refractivity contribution >= 4 is 38.4 Å². The van der Waals surface area contributed by atoms with Gasteiger partial charge in [0.15, 0.2) is 0 Å².